The summed E-state index contributed by atoms with van der Waals surface area (Å²) in [5, 5.41) is 26.1. The molecule has 47 heavy (non-hydrogen) atoms. The number of rotatable bonds is 6. The molecule has 0 spiro atoms. The third-order valence-corrected chi connectivity index (χ3v) is 8.70. The van der Waals surface area contributed by atoms with Crippen LogP contribution < -0.4 is 5.73 Å². The zero-order valence-electron chi connectivity index (χ0n) is 28.2. The predicted octanol–water partition coefficient (Wildman–Crippen LogP) is 8.67. The highest BCUT2D eigenvalue weighted by Gasteiger charge is 2.11. The second-order valence-electron chi connectivity index (χ2n) is 11.9. The Balaban J connectivity index is 0.000000319. The molecular weight excluding hydrogens is 688 g/mol. The highest BCUT2D eigenvalue weighted by Crippen LogP contribution is 2.27. The summed E-state index contributed by atoms with van der Waals surface area (Å²) in [6.45, 7) is 15.6. The average molecular weight is 732 g/mol. The summed E-state index contributed by atoms with van der Waals surface area (Å²) in [4.78, 5) is 16.5. The highest BCUT2D eigenvalue weighted by molar-refractivity contribution is 9.08. The minimum atomic E-state index is 0.260. The maximum atomic E-state index is 8.59. The number of hydrogen-bond acceptors (Lipinski definition) is 10. The van der Waals surface area contributed by atoms with E-state index >= 15 is 0 Å². The molecule has 246 valence electrons. The number of nitrogens with zero attached hydrogens (tertiary/aromatic N) is 7. The Kier molecular flexibility index (Phi) is 19.2. The Hall–Kier alpha value is -3.79. The molecule has 0 aliphatic heterocycles. The molecule has 0 aliphatic carbocycles. The topological polar surface area (TPSA) is 149 Å². The van der Waals surface area contributed by atoms with E-state index in [9.17, 15) is 0 Å². The van der Waals surface area contributed by atoms with E-state index < -0.39 is 0 Å². The third-order valence-electron chi connectivity index (χ3n) is 5.51. The van der Waals surface area contributed by atoms with E-state index in [0.29, 0.717) is 28.0 Å². The first kappa shape index (κ1) is 41.2. The fraction of sp³-hybridized carbons (Fsp3) is 0.361. The van der Waals surface area contributed by atoms with Crippen LogP contribution in [-0.4, -0.2) is 29.4 Å². The molecule has 0 saturated carbocycles. The lowest BCUT2D eigenvalue weighted by Crippen LogP contribution is -2.08. The van der Waals surface area contributed by atoms with Crippen LogP contribution in [0.3, 0.4) is 0 Å². The van der Waals surface area contributed by atoms with Gasteiger partial charge in [-0.2, -0.15) is 15.8 Å². The molecule has 0 atom stereocenters. The van der Waals surface area contributed by atoms with Gasteiger partial charge in [0.1, 0.15) is 18.2 Å². The van der Waals surface area contributed by atoms with E-state index in [2.05, 4.69) is 89.5 Å². The van der Waals surface area contributed by atoms with E-state index in [4.69, 9.17) is 21.5 Å². The fourth-order valence-electron chi connectivity index (χ4n) is 2.92. The number of hydrogen-bond donors (Lipinski definition) is 1. The van der Waals surface area contributed by atoms with Gasteiger partial charge in [-0.15, -0.1) is 23.5 Å². The number of aryl methyl sites for hydroxylation is 1. The number of pyridine rings is 4. The fourth-order valence-corrected chi connectivity index (χ4v) is 4.76. The standard InChI is InChI=1S/C11H18N2S.C11H14N2S.C7H5BrN2.C7H6N2/c2*1-11(2,3)14-8-10-5-4-9(6-12)7-13-10;8-3-7-2-1-6(4-9)5-10-7;1-6-2-3-7(4-8)5-9-6/h4-5,7H,6,8,12H2,1-3H3;4-5,7H,8H2,1-3H3;1-2,5H,3H2;2-3,5H,1H3. The van der Waals surface area contributed by atoms with Crippen molar-refractivity contribution in [3.63, 3.8) is 0 Å². The van der Waals surface area contributed by atoms with Crippen LogP contribution in [-0.2, 0) is 23.4 Å². The van der Waals surface area contributed by atoms with Crippen molar-refractivity contribution in [3.05, 3.63) is 118 Å². The number of nitriles is 3. The lowest BCUT2D eigenvalue weighted by atomic mass is 10.2. The third kappa shape index (κ3) is 20.1. The number of nitrogens with two attached hydrogens (primary N) is 1. The molecule has 0 saturated heterocycles. The zero-order valence-corrected chi connectivity index (χ0v) is 31.4. The van der Waals surface area contributed by atoms with Gasteiger partial charge < -0.3 is 5.73 Å². The molecule has 4 rings (SSSR count). The van der Waals surface area contributed by atoms with Crippen molar-refractivity contribution in [1.82, 2.24) is 19.9 Å². The Morgan fingerprint density at radius 1 is 0.617 bits per heavy atom. The smallest absolute Gasteiger partial charge is 0.101 e. The van der Waals surface area contributed by atoms with Crippen molar-refractivity contribution < 1.29 is 0 Å². The van der Waals surface area contributed by atoms with Crippen LogP contribution in [0.1, 0.15) is 86.6 Å². The summed E-state index contributed by atoms with van der Waals surface area (Å²) in [7, 11) is 0. The monoisotopic (exact) mass is 730 g/mol. The molecule has 11 heteroatoms. The summed E-state index contributed by atoms with van der Waals surface area (Å²) in [5.74, 6) is 1.86. The van der Waals surface area contributed by atoms with E-state index in [1.165, 1.54) is 0 Å². The van der Waals surface area contributed by atoms with Gasteiger partial charge in [-0.05, 0) is 55.0 Å². The van der Waals surface area contributed by atoms with Gasteiger partial charge in [0.05, 0.1) is 33.8 Å². The molecule has 0 aromatic carbocycles. The van der Waals surface area contributed by atoms with E-state index in [-0.39, 0.29) is 4.75 Å². The highest BCUT2D eigenvalue weighted by atomic mass is 79.9. The molecule has 0 bridgehead atoms. The molecule has 8 nitrogen and oxygen atoms in total. The number of thioether (sulfide) groups is 2. The molecule has 4 heterocycles. The SMILES string of the molecule is CC(C)(C)SCc1ccc(C#N)cn1.CC(C)(C)SCc1ccc(CN)cn1.Cc1ccc(C#N)cn1.N#Cc1ccc(CBr)nc1. The molecule has 0 radical (unpaired) electrons. The van der Waals surface area contributed by atoms with Crippen LogP contribution in [0.2, 0.25) is 0 Å². The lowest BCUT2D eigenvalue weighted by molar-refractivity contribution is 0.801. The first-order valence-electron chi connectivity index (χ1n) is 14.7. The van der Waals surface area contributed by atoms with Crippen LogP contribution in [0, 0.1) is 40.9 Å². The first-order valence-corrected chi connectivity index (χ1v) is 17.8. The minimum Gasteiger partial charge on any atom is -0.326 e. The van der Waals surface area contributed by atoms with Crippen molar-refractivity contribution in [2.75, 3.05) is 0 Å². The number of aromatic nitrogens is 4. The van der Waals surface area contributed by atoms with Crippen molar-refractivity contribution in [2.24, 2.45) is 5.73 Å². The molecular formula is C36H43BrN8S2. The van der Waals surface area contributed by atoms with Crippen molar-refractivity contribution in [1.29, 1.82) is 15.8 Å². The van der Waals surface area contributed by atoms with Crippen LogP contribution in [0.4, 0.5) is 0 Å². The van der Waals surface area contributed by atoms with Gasteiger partial charge in [0.2, 0.25) is 0 Å². The summed E-state index contributed by atoms with van der Waals surface area (Å²) >= 11 is 7.02. The Morgan fingerprint density at radius 3 is 1.32 bits per heavy atom. The van der Waals surface area contributed by atoms with Crippen molar-refractivity contribution in [2.45, 2.75) is 81.3 Å². The van der Waals surface area contributed by atoms with Crippen LogP contribution >= 0.6 is 39.5 Å². The predicted molar refractivity (Wildman–Crippen MR) is 198 cm³/mol. The van der Waals surface area contributed by atoms with Gasteiger partial charge in [0.25, 0.3) is 0 Å². The molecule has 0 aliphatic rings. The van der Waals surface area contributed by atoms with E-state index in [1.54, 1.807) is 30.7 Å². The maximum Gasteiger partial charge on any atom is 0.101 e. The molecule has 2 N–H and O–H groups in total. The van der Waals surface area contributed by atoms with Crippen molar-refractivity contribution in [3.8, 4) is 18.2 Å². The molecule has 4 aromatic rings. The molecule has 4 aromatic heterocycles. The summed E-state index contributed by atoms with van der Waals surface area (Å²) in [6.07, 6.45) is 6.61. The normalized spacial score (nSPS) is 10.3. The number of halogens is 1. The Bertz CT molecular complexity index is 1580. The maximum absolute atomic E-state index is 8.59. The van der Waals surface area contributed by atoms with Gasteiger partial charge in [0.15, 0.2) is 0 Å². The van der Waals surface area contributed by atoms with E-state index in [0.717, 1.165) is 45.2 Å². The summed E-state index contributed by atoms with van der Waals surface area (Å²) in [6, 6.07) is 21.0. The van der Waals surface area contributed by atoms with Gasteiger partial charge in [0, 0.05) is 63.4 Å². The summed E-state index contributed by atoms with van der Waals surface area (Å²) in [5.41, 5.74) is 12.5. The second-order valence-corrected chi connectivity index (χ2v) is 16.1. The zero-order chi connectivity index (χ0) is 35.3. The Morgan fingerprint density at radius 2 is 1.02 bits per heavy atom. The van der Waals surface area contributed by atoms with Gasteiger partial charge >= 0.3 is 0 Å². The molecule has 0 unspecified atom stereocenters. The van der Waals surface area contributed by atoms with E-state index in [1.807, 2.05) is 79.1 Å². The lowest BCUT2D eigenvalue weighted by Gasteiger charge is -2.16. The van der Waals surface area contributed by atoms with Gasteiger partial charge in [-0.1, -0.05) is 63.5 Å². The first-order chi connectivity index (χ1) is 22.2. The summed E-state index contributed by atoms with van der Waals surface area (Å²) < 4.78 is 0.559. The second kappa shape index (κ2) is 21.9. The van der Waals surface area contributed by atoms with Crippen LogP contribution in [0.25, 0.3) is 0 Å². The minimum absolute atomic E-state index is 0.260. The molecule has 0 amide bonds. The van der Waals surface area contributed by atoms with Crippen LogP contribution in [0.15, 0.2) is 73.3 Å². The quantitative estimate of drug-likeness (QED) is 0.191. The van der Waals surface area contributed by atoms with Gasteiger partial charge in [-0.3, -0.25) is 19.9 Å². The van der Waals surface area contributed by atoms with Crippen molar-refractivity contribution >= 4 is 39.5 Å². The largest absolute Gasteiger partial charge is 0.326 e. The molecule has 0 fully saturated rings. The number of alkyl halides is 1. The average Bonchev–Trinajstić information content (AvgIpc) is 3.07. The van der Waals surface area contributed by atoms with Gasteiger partial charge in [-0.25, -0.2) is 0 Å². The van der Waals surface area contributed by atoms with Crippen LogP contribution in [0.5, 0.6) is 0 Å². The Labute approximate surface area is 297 Å².